The van der Waals surface area contributed by atoms with Crippen LogP contribution in [0.25, 0.3) is 0 Å². The van der Waals surface area contributed by atoms with E-state index in [9.17, 15) is 4.79 Å². The number of alkyl halides is 1. The molecular weight excluding hydrogens is 345 g/mol. The molecule has 0 N–H and O–H groups in total. The number of ether oxygens (including phenoxy) is 2. The van der Waals surface area contributed by atoms with Crippen molar-refractivity contribution in [3.8, 4) is 0 Å². The molecule has 2 rings (SSSR count). The van der Waals surface area contributed by atoms with Crippen molar-refractivity contribution in [2.75, 3.05) is 17.5 Å². The number of carbonyl (C=O) groups excluding carboxylic acids is 1. The van der Waals surface area contributed by atoms with Crippen molar-refractivity contribution >= 4 is 28.7 Å². The number of likely N-dealkylation sites (tertiary alicyclic amines) is 1. The van der Waals surface area contributed by atoms with Crippen molar-refractivity contribution in [3.63, 3.8) is 0 Å². The van der Waals surface area contributed by atoms with Gasteiger partial charge in [0.25, 0.3) is 0 Å². The second-order valence-electron chi connectivity index (χ2n) is 6.25. The zero-order valence-electron chi connectivity index (χ0n) is 11.4. The summed E-state index contributed by atoms with van der Waals surface area (Å²) < 4.78 is 12.4. The third-order valence-electron chi connectivity index (χ3n) is 3.51. The Hall–Kier alpha value is -0.0400. The molecule has 0 aromatic heterocycles. The van der Waals surface area contributed by atoms with E-state index in [1.165, 1.54) is 0 Å². The van der Waals surface area contributed by atoms with Gasteiger partial charge in [-0.2, -0.15) is 0 Å². The minimum absolute atomic E-state index is 0.0638. The van der Waals surface area contributed by atoms with Gasteiger partial charge in [0.1, 0.15) is 5.60 Å². The molecule has 18 heavy (non-hydrogen) atoms. The number of hydrogen-bond donors (Lipinski definition) is 0. The van der Waals surface area contributed by atoms with Gasteiger partial charge in [0.15, 0.2) is 0 Å². The quantitative estimate of drug-likeness (QED) is 0.528. The normalized spacial score (nSPS) is 26.9. The van der Waals surface area contributed by atoms with Gasteiger partial charge in [0.05, 0.1) is 11.7 Å². The van der Waals surface area contributed by atoms with E-state index in [1.807, 2.05) is 20.8 Å². The van der Waals surface area contributed by atoms with Crippen molar-refractivity contribution in [2.45, 2.75) is 57.3 Å². The van der Waals surface area contributed by atoms with Gasteiger partial charge >= 0.3 is 6.09 Å². The molecule has 2 heterocycles. The first-order valence-electron chi connectivity index (χ1n) is 6.55. The summed E-state index contributed by atoms with van der Waals surface area (Å²) in [5.74, 6) is 0. The number of amides is 1. The van der Waals surface area contributed by atoms with E-state index >= 15 is 0 Å². The van der Waals surface area contributed by atoms with E-state index in [1.54, 1.807) is 4.90 Å². The highest BCUT2D eigenvalue weighted by molar-refractivity contribution is 14.1. The van der Waals surface area contributed by atoms with E-state index in [4.69, 9.17) is 9.47 Å². The monoisotopic (exact) mass is 367 g/mol. The molecule has 4 nitrogen and oxygen atoms in total. The summed E-state index contributed by atoms with van der Waals surface area (Å²) in [6, 6.07) is 0. The van der Waals surface area contributed by atoms with Crippen LogP contribution in [0, 0.1) is 0 Å². The van der Waals surface area contributed by atoms with Gasteiger partial charge in [0, 0.05) is 23.9 Å². The molecule has 2 saturated heterocycles. The van der Waals surface area contributed by atoms with Crippen LogP contribution in [0.1, 0.15) is 40.0 Å². The molecule has 1 spiro atoms. The Morgan fingerprint density at radius 1 is 1.44 bits per heavy atom. The van der Waals surface area contributed by atoms with E-state index in [0.717, 1.165) is 36.8 Å². The van der Waals surface area contributed by atoms with Gasteiger partial charge in [-0.25, -0.2) is 4.79 Å². The van der Waals surface area contributed by atoms with Crippen molar-refractivity contribution in [1.29, 1.82) is 0 Å². The predicted molar refractivity (Wildman–Crippen MR) is 78.1 cm³/mol. The predicted octanol–water partition coefficient (Wildman–Crippen LogP) is 2.98. The smallest absolute Gasteiger partial charge is 0.410 e. The highest BCUT2D eigenvalue weighted by Crippen LogP contribution is 2.41. The number of nitrogens with zero attached hydrogens (tertiary/aromatic N) is 1. The fraction of sp³-hybridized carbons (Fsp3) is 0.923. The number of carbonyl (C=O) groups is 1. The second kappa shape index (κ2) is 5.15. The summed E-state index contributed by atoms with van der Waals surface area (Å²) in [7, 11) is 0. The van der Waals surface area contributed by atoms with Crippen molar-refractivity contribution < 1.29 is 14.3 Å². The first-order chi connectivity index (χ1) is 8.34. The number of piperidine rings is 1. The minimum Gasteiger partial charge on any atom is -0.444 e. The van der Waals surface area contributed by atoms with Gasteiger partial charge in [0.2, 0.25) is 0 Å². The van der Waals surface area contributed by atoms with Gasteiger partial charge in [-0.1, -0.05) is 22.6 Å². The summed E-state index contributed by atoms with van der Waals surface area (Å²) in [5, 5.41) is 0. The molecule has 0 saturated carbocycles. The van der Waals surface area contributed by atoms with Crippen LogP contribution in [-0.2, 0) is 9.47 Å². The first-order valence-corrected chi connectivity index (χ1v) is 8.08. The highest BCUT2D eigenvalue weighted by atomic mass is 127. The Morgan fingerprint density at radius 2 is 2.00 bits per heavy atom. The van der Waals surface area contributed by atoms with Crippen LogP contribution >= 0.6 is 22.6 Å². The second-order valence-corrected chi connectivity index (χ2v) is 7.13. The SMILES string of the molecule is CC(C)(C)OC(=O)N1CCC2(CC1)CC(CI)O2. The molecule has 1 amide bonds. The number of hydrogen-bond acceptors (Lipinski definition) is 3. The average Bonchev–Trinajstić information content (AvgIpc) is 2.23. The molecule has 5 heteroatoms. The van der Waals surface area contributed by atoms with E-state index in [2.05, 4.69) is 22.6 Å². The summed E-state index contributed by atoms with van der Waals surface area (Å²) in [5.41, 5.74) is -0.347. The molecule has 1 unspecified atom stereocenters. The van der Waals surface area contributed by atoms with E-state index in [-0.39, 0.29) is 11.7 Å². The molecule has 2 aliphatic heterocycles. The molecule has 2 fully saturated rings. The zero-order valence-corrected chi connectivity index (χ0v) is 13.5. The van der Waals surface area contributed by atoms with Crippen molar-refractivity contribution in [3.05, 3.63) is 0 Å². The van der Waals surface area contributed by atoms with Crippen LogP contribution in [-0.4, -0.2) is 45.8 Å². The molecular formula is C13H22INO3. The van der Waals surface area contributed by atoms with Crippen molar-refractivity contribution in [2.24, 2.45) is 0 Å². The lowest BCUT2D eigenvalue weighted by atomic mass is 9.81. The lowest BCUT2D eigenvalue weighted by molar-refractivity contribution is -0.213. The van der Waals surface area contributed by atoms with Crippen LogP contribution in [0.2, 0.25) is 0 Å². The average molecular weight is 367 g/mol. The van der Waals surface area contributed by atoms with Crippen LogP contribution in [0.4, 0.5) is 4.79 Å². The van der Waals surface area contributed by atoms with Crippen LogP contribution in [0.15, 0.2) is 0 Å². The fourth-order valence-electron chi connectivity index (χ4n) is 2.59. The summed E-state index contributed by atoms with van der Waals surface area (Å²) in [4.78, 5) is 13.7. The summed E-state index contributed by atoms with van der Waals surface area (Å²) in [6.07, 6.45) is 3.28. The molecule has 0 bridgehead atoms. The minimum atomic E-state index is -0.411. The highest BCUT2D eigenvalue weighted by Gasteiger charge is 2.47. The Kier molecular flexibility index (Phi) is 4.11. The van der Waals surface area contributed by atoms with Crippen LogP contribution in [0.5, 0.6) is 0 Å². The molecule has 0 aliphatic carbocycles. The van der Waals surface area contributed by atoms with Crippen LogP contribution < -0.4 is 0 Å². The number of rotatable bonds is 1. The Morgan fingerprint density at radius 3 is 2.44 bits per heavy atom. The van der Waals surface area contributed by atoms with E-state index < -0.39 is 5.60 Å². The van der Waals surface area contributed by atoms with E-state index in [0.29, 0.717) is 6.10 Å². The van der Waals surface area contributed by atoms with Gasteiger partial charge in [-0.15, -0.1) is 0 Å². The third-order valence-corrected chi connectivity index (χ3v) is 4.50. The Bertz CT molecular complexity index is 311. The summed E-state index contributed by atoms with van der Waals surface area (Å²) in [6.45, 7) is 7.20. The largest absolute Gasteiger partial charge is 0.444 e. The van der Waals surface area contributed by atoms with Gasteiger partial charge in [-0.05, 0) is 33.6 Å². The summed E-state index contributed by atoms with van der Waals surface area (Å²) >= 11 is 2.36. The maximum Gasteiger partial charge on any atom is 0.410 e. The molecule has 2 aliphatic rings. The Labute approximate surface area is 123 Å². The maximum atomic E-state index is 11.9. The standard InChI is InChI=1S/C13H22INO3/c1-12(2,3)18-11(16)15-6-4-13(5-7-15)8-10(9-14)17-13/h10H,4-9H2,1-3H3. The third kappa shape index (κ3) is 3.29. The lowest BCUT2D eigenvalue weighted by Crippen LogP contribution is -2.58. The molecule has 104 valence electrons. The Balaban J connectivity index is 1.79. The topological polar surface area (TPSA) is 38.8 Å². The fourth-order valence-corrected chi connectivity index (χ4v) is 3.08. The lowest BCUT2D eigenvalue weighted by Gasteiger charge is -2.51. The maximum absolute atomic E-state index is 11.9. The first kappa shape index (κ1) is 14.4. The van der Waals surface area contributed by atoms with Crippen LogP contribution in [0.3, 0.4) is 0 Å². The van der Waals surface area contributed by atoms with Crippen molar-refractivity contribution in [1.82, 2.24) is 4.90 Å². The zero-order chi connectivity index (χ0) is 13.4. The van der Waals surface area contributed by atoms with Gasteiger partial charge in [-0.3, -0.25) is 0 Å². The number of halogens is 1. The molecule has 1 atom stereocenters. The molecule has 0 aromatic rings. The van der Waals surface area contributed by atoms with Gasteiger partial charge < -0.3 is 14.4 Å². The molecule has 0 radical (unpaired) electrons. The molecule has 0 aromatic carbocycles.